The number of nitrogens with one attached hydrogen (secondary N) is 1. The van der Waals surface area contributed by atoms with E-state index >= 15 is 0 Å². The predicted octanol–water partition coefficient (Wildman–Crippen LogP) is 2.47. The molecular formula is C12H17N3. The van der Waals surface area contributed by atoms with Gasteiger partial charge in [0.15, 0.2) is 0 Å². The van der Waals surface area contributed by atoms with E-state index in [-0.39, 0.29) is 0 Å². The third kappa shape index (κ3) is 1.96. The number of hydrogen-bond donors (Lipinski definition) is 1. The lowest BCUT2D eigenvalue weighted by molar-refractivity contribution is 0.333. The molecule has 2 saturated carbocycles. The molecule has 2 aliphatic rings. The Labute approximate surface area is 90.3 Å². The topological polar surface area (TPSA) is 37.8 Å². The van der Waals surface area contributed by atoms with E-state index in [1.165, 1.54) is 32.1 Å². The van der Waals surface area contributed by atoms with Gasteiger partial charge in [-0.2, -0.15) is 0 Å². The lowest BCUT2D eigenvalue weighted by Crippen LogP contribution is -2.28. The molecule has 1 aromatic rings. The number of hydrogen-bond acceptors (Lipinski definition) is 3. The highest BCUT2D eigenvalue weighted by atomic mass is 15.0. The summed E-state index contributed by atoms with van der Waals surface area (Å²) in [4.78, 5) is 8.15. The van der Waals surface area contributed by atoms with Crippen molar-refractivity contribution in [3.63, 3.8) is 0 Å². The molecule has 1 aromatic heterocycles. The highest BCUT2D eigenvalue weighted by molar-refractivity contribution is 5.33. The Hall–Kier alpha value is -1.12. The highest BCUT2D eigenvalue weighted by Gasteiger charge is 2.33. The molecule has 2 fully saturated rings. The standard InChI is InChI=1S/C12H17N3/c1-2-10-5-9(1)6-11(7-10)15-12-3-4-13-8-14-12/h3-4,8-11H,1-2,5-7H2,(H,13,14,15). The summed E-state index contributed by atoms with van der Waals surface area (Å²) >= 11 is 0. The number of nitrogens with zero attached hydrogens (tertiary/aromatic N) is 2. The maximum atomic E-state index is 4.22. The molecular weight excluding hydrogens is 186 g/mol. The smallest absolute Gasteiger partial charge is 0.129 e. The van der Waals surface area contributed by atoms with E-state index < -0.39 is 0 Å². The van der Waals surface area contributed by atoms with E-state index in [0.29, 0.717) is 6.04 Å². The second kappa shape index (κ2) is 3.80. The molecule has 3 rings (SSSR count). The average molecular weight is 203 g/mol. The minimum atomic E-state index is 0.645. The maximum Gasteiger partial charge on any atom is 0.129 e. The molecule has 1 heterocycles. The molecule has 1 N–H and O–H groups in total. The molecule has 0 aromatic carbocycles. The van der Waals surface area contributed by atoms with Crippen LogP contribution in [0.25, 0.3) is 0 Å². The van der Waals surface area contributed by atoms with Gasteiger partial charge in [0.05, 0.1) is 0 Å². The van der Waals surface area contributed by atoms with Gasteiger partial charge in [0.25, 0.3) is 0 Å². The largest absolute Gasteiger partial charge is 0.367 e. The highest BCUT2D eigenvalue weighted by Crippen LogP contribution is 2.42. The lowest BCUT2D eigenvalue weighted by Gasteiger charge is -2.28. The van der Waals surface area contributed by atoms with E-state index in [4.69, 9.17) is 0 Å². The second-order valence-electron chi connectivity index (χ2n) is 4.95. The van der Waals surface area contributed by atoms with E-state index in [2.05, 4.69) is 15.3 Å². The predicted molar refractivity (Wildman–Crippen MR) is 59.5 cm³/mol. The molecule has 3 heteroatoms. The van der Waals surface area contributed by atoms with Crippen molar-refractivity contribution >= 4 is 5.82 Å². The van der Waals surface area contributed by atoms with Crippen LogP contribution in [-0.2, 0) is 0 Å². The van der Waals surface area contributed by atoms with Crippen LogP contribution in [0.5, 0.6) is 0 Å². The van der Waals surface area contributed by atoms with Crippen LogP contribution >= 0.6 is 0 Å². The van der Waals surface area contributed by atoms with Crippen LogP contribution in [0.3, 0.4) is 0 Å². The number of aromatic nitrogens is 2. The van der Waals surface area contributed by atoms with Crippen molar-refractivity contribution in [3.8, 4) is 0 Å². The average Bonchev–Trinajstić information content (AvgIpc) is 2.60. The van der Waals surface area contributed by atoms with Gasteiger partial charge in [-0.15, -0.1) is 0 Å². The zero-order valence-corrected chi connectivity index (χ0v) is 8.89. The van der Waals surface area contributed by atoms with Crippen molar-refractivity contribution in [2.24, 2.45) is 11.8 Å². The summed E-state index contributed by atoms with van der Waals surface area (Å²) in [5.41, 5.74) is 0. The molecule has 0 saturated heterocycles. The van der Waals surface area contributed by atoms with E-state index in [0.717, 1.165) is 17.7 Å². The normalized spacial score (nSPS) is 34.0. The number of fused-ring (bicyclic) bond motifs is 2. The van der Waals surface area contributed by atoms with Crippen LogP contribution in [-0.4, -0.2) is 16.0 Å². The number of anilines is 1. The summed E-state index contributed by atoms with van der Waals surface area (Å²) in [5, 5.41) is 3.53. The number of rotatable bonds is 2. The minimum absolute atomic E-state index is 0.645. The minimum Gasteiger partial charge on any atom is -0.367 e. The van der Waals surface area contributed by atoms with E-state index in [9.17, 15) is 0 Å². The molecule has 2 aliphatic carbocycles. The van der Waals surface area contributed by atoms with Crippen molar-refractivity contribution in [2.45, 2.75) is 38.1 Å². The third-order valence-corrected chi connectivity index (χ3v) is 3.82. The molecule has 0 aliphatic heterocycles. The Morgan fingerprint density at radius 1 is 1.13 bits per heavy atom. The Morgan fingerprint density at radius 3 is 2.60 bits per heavy atom. The van der Waals surface area contributed by atoms with E-state index in [1.807, 2.05) is 6.07 Å². The molecule has 0 amide bonds. The van der Waals surface area contributed by atoms with Gasteiger partial charge in [-0.1, -0.05) is 12.8 Å². The summed E-state index contributed by atoms with van der Waals surface area (Å²) in [6, 6.07) is 2.60. The van der Waals surface area contributed by atoms with Gasteiger partial charge >= 0.3 is 0 Å². The molecule has 80 valence electrons. The third-order valence-electron chi connectivity index (χ3n) is 3.82. The Kier molecular flexibility index (Phi) is 2.31. The summed E-state index contributed by atoms with van der Waals surface area (Å²) in [6.45, 7) is 0. The van der Waals surface area contributed by atoms with Crippen LogP contribution in [0.2, 0.25) is 0 Å². The van der Waals surface area contributed by atoms with Crippen LogP contribution in [0.1, 0.15) is 32.1 Å². The second-order valence-corrected chi connectivity index (χ2v) is 4.95. The van der Waals surface area contributed by atoms with Crippen LogP contribution < -0.4 is 5.32 Å². The first-order valence-electron chi connectivity index (χ1n) is 5.92. The Morgan fingerprint density at radius 2 is 1.93 bits per heavy atom. The maximum absolute atomic E-state index is 4.22. The van der Waals surface area contributed by atoms with Gasteiger partial charge in [0.2, 0.25) is 0 Å². The van der Waals surface area contributed by atoms with Gasteiger partial charge in [-0.3, -0.25) is 0 Å². The van der Waals surface area contributed by atoms with Gasteiger partial charge in [-0.05, 0) is 37.2 Å². The first-order chi connectivity index (χ1) is 7.40. The Bertz CT molecular complexity index is 313. The molecule has 2 atom stereocenters. The lowest BCUT2D eigenvalue weighted by atomic mass is 9.85. The Balaban J connectivity index is 1.65. The molecule has 15 heavy (non-hydrogen) atoms. The summed E-state index contributed by atoms with van der Waals surface area (Å²) in [5.74, 6) is 2.93. The van der Waals surface area contributed by atoms with Crippen LogP contribution in [0.15, 0.2) is 18.6 Å². The molecule has 0 radical (unpaired) electrons. The fourth-order valence-corrected chi connectivity index (χ4v) is 3.21. The quantitative estimate of drug-likeness (QED) is 0.802. The van der Waals surface area contributed by atoms with Crippen molar-refractivity contribution in [3.05, 3.63) is 18.6 Å². The fraction of sp³-hybridized carbons (Fsp3) is 0.667. The summed E-state index contributed by atoms with van der Waals surface area (Å²) in [7, 11) is 0. The molecule has 2 bridgehead atoms. The van der Waals surface area contributed by atoms with Gasteiger partial charge in [0, 0.05) is 12.2 Å². The van der Waals surface area contributed by atoms with Crippen molar-refractivity contribution in [1.82, 2.24) is 9.97 Å². The van der Waals surface area contributed by atoms with Gasteiger partial charge < -0.3 is 5.32 Å². The van der Waals surface area contributed by atoms with E-state index in [1.54, 1.807) is 12.5 Å². The summed E-state index contributed by atoms with van der Waals surface area (Å²) in [6.07, 6.45) is 10.5. The van der Waals surface area contributed by atoms with Crippen molar-refractivity contribution in [1.29, 1.82) is 0 Å². The molecule has 0 spiro atoms. The molecule has 3 nitrogen and oxygen atoms in total. The zero-order chi connectivity index (χ0) is 10.1. The zero-order valence-electron chi connectivity index (χ0n) is 8.89. The van der Waals surface area contributed by atoms with Gasteiger partial charge in [0.1, 0.15) is 12.1 Å². The van der Waals surface area contributed by atoms with Gasteiger partial charge in [-0.25, -0.2) is 9.97 Å². The van der Waals surface area contributed by atoms with Crippen molar-refractivity contribution < 1.29 is 0 Å². The first-order valence-corrected chi connectivity index (χ1v) is 5.92. The molecule has 2 unspecified atom stereocenters. The fourth-order valence-electron chi connectivity index (χ4n) is 3.21. The van der Waals surface area contributed by atoms with Crippen LogP contribution in [0.4, 0.5) is 5.82 Å². The van der Waals surface area contributed by atoms with Crippen molar-refractivity contribution in [2.75, 3.05) is 5.32 Å². The monoisotopic (exact) mass is 203 g/mol. The SMILES string of the molecule is c1cc(NC2CC3CCC(C3)C2)ncn1. The summed E-state index contributed by atoms with van der Waals surface area (Å²) < 4.78 is 0. The van der Waals surface area contributed by atoms with Crippen LogP contribution in [0, 0.1) is 11.8 Å². The first kappa shape index (κ1) is 9.13.